The number of aliphatic carboxylic acids is 1. The van der Waals surface area contributed by atoms with Crippen LogP contribution < -0.4 is 10.1 Å². The van der Waals surface area contributed by atoms with E-state index in [1.165, 1.54) is 16.9 Å². The number of rotatable bonds is 7. The SMILES string of the molecule is Cc1cnc(NC(=O)CCC2CC(=O)[C@@]3(C)CCC4c5ccc(O[C@@H]6O[C@H](C(=O)O)[C@@H](O)[C@H](O)[C@H]6O)cc5CCC4C23)s1. The molecule has 3 fully saturated rings. The molecule has 6 rings (SSSR count). The third-order valence-corrected chi connectivity index (χ3v) is 11.0. The zero-order valence-electron chi connectivity index (χ0n) is 24.1. The second kappa shape index (κ2) is 11.6. The van der Waals surface area contributed by atoms with Crippen LogP contribution in [0.25, 0.3) is 0 Å². The molecule has 232 valence electrons. The number of hydrogen-bond acceptors (Lipinski definition) is 10. The molecule has 1 amide bonds. The number of aromatic nitrogens is 1. The number of hydrogen-bond donors (Lipinski definition) is 5. The highest BCUT2D eigenvalue weighted by molar-refractivity contribution is 7.15. The Kier molecular flexibility index (Phi) is 8.10. The number of aliphatic hydroxyl groups excluding tert-OH is 3. The predicted molar refractivity (Wildman–Crippen MR) is 155 cm³/mol. The molecule has 12 heteroatoms. The third kappa shape index (κ3) is 5.48. The van der Waals surface area contributed by atoms with Crippen LogP contribution in [0.2, 0.25) is 0 Å². The second-order valence-corrected chi connectivity index (χ2v) is 14.0. The fourth-order valence-corrected chi connectivity index (χ4v) is 8.83. The summed E-state index contributed by atoms with van der Waals surface area (Å²) in [5.74, 6) is 0.0580. The van der Waals surface area contributed by atoms with E-state index in [1.54, 1.807) is 12.3 Å². The van der Waals surface area contributed by atoms with E-state index in [2.05, 4.69) is 17.2 Å². The molecule has 43 heavy (non-hydrogen) atoms. The summed E-state index contributed by atoms with van der Waals surface area (Å²) >= 11 is 1.44. The fourth-order valence-electron chi connectivity index (χ4n) is 8.15. The van der Waals surface area contributed by atoms with E-state index < -0.39 is 36.7 Å². The number of nitrogens with zero attached hydrogens (tertiary/aromatic N) is 1. The van der Waals surface area contributed by atoms with E-state index in [4.69, 9.17) is 9.47 Å². The van der Waals surface area contributed by atoms with Gasteiger partial charge in [-0.1, -0.05) is 13.0 Å². The van der Waals surface area contributed by atoms with E-state index in [1.807, 2.05) is 19.1 Å². The molecular formula is C31H38N2O9S. The van der Waals surface area contributed by atoms with Crippen molar-refractivity contribution < 1.29 is 44.3 Å². The number of ketones is 1. The first kappa shape index (κ1) is 30.1. The molecule has 0 spiro atoms. The van der Waals surface area contributed by atoms with Crippen LogP contribution in [-0.4, -0.2) is 73.8 Å². The van der Waals surface area contributed by atoms with E-state index in [9.17, 15) is 34.8 Å². The molecule has 1 aliphatic heterocycles. The van der Waals surface area contributed by atoms with Gasteiger partial charge in [-0.15, -0.1) is 11.3 Å². The normalized spacial score (nSPS) is 36.8. The summed E-state index contributed by atoms with van der Waals surface area (Å²) in [6.07, 6.45) is -1.76. The third-order valence-electron chi connectivity index (χ3n) is 10.2. The maximum atomic E-state index is 13.3. The number of aliphatic hydroxyl groups is 3. The van der Waals surface area contributed by atoms with E-state index in [0.29, 0.717) is 41.8 Å². The molecule has 10 atom stereocenters. The molecule has 0 radical (unpaired) electrons. The lowest BCUT2D eigenvalue weighted by molar-refractivity contribution is -0.271. The van der Waals surface area contributed by atoms with Gasteiger partial charge in [-0.2, -0.15) is 0 Å². The molecular weight excluding hydrogens is 576 g/mol. The summed E-state index contributed by atoms with van der Waals surface area (Å²) in [6, 6.07) is 5.61. The van der Waals surface area contributed by atoms with Gasteiger partial charge in [-0.05, 0) is 86.0 Å². The number of fused-ring (bicyclic) bond motifs is 5. The van der Waals surface area contributed by atoms with Crippen LogP contribution in [0.15, 0.2) is 24.4 Å². The lowest BCUT2D eigenvalue weighted by Gasteiger charge is -2.50. The predicted octanol–water partition coefficient (Wildman–Crippen LogP) is 2.79. The molecule has 0 bridgehead atoms. The number of Topliss-reactive ketones (excluding diaryl/α,β-unsaturated/α-hetero) is 1. The lowest BCUT2D eigenvalue weighted by Crippen LogP contribution is -2.61. The number of benzene rings is 1. The van der Waals surface area contributed by atoms with Crippen LogP contribution in [0.4, 0.5) is 5.13 Å². The second-order valence-electron chi connectivity index (χ2n) is 12.8. The maximum absolute atomic E-state index is 13.3. The number of ether oxygens (including phenoxy) is 2. The van der Waals surface area contributed by atoms with Crippen molar-refractivity contribution in [2.75, 3.05) is 5.32 Å². The highest BCUT2D eigenvalue weighted by Gasteiger charge is 2.58. The molecule has 4 aliphatic rings. The van der Waals surface area contributed by atoms with Gasteiger partial charge in [0.15, 0.2) is 11.2 Å². The van der Waals surface area contributed by atoms with Crippen LogP contribution in [0, 0.1) is 30.1 Å². The highest BCUT2D eigenvalue weighted by atomic mass is 32.1. The number of carboxylic acid groups (broad SMARTS) is 1. The average molecular weight is 615 g/mol. The minimum atomic E-state index is -1.78. The molecule has 1 aromatic heterocycles. The van der Waals surface area contributed by atoms with Gasteiger partial charge in [-0.3, -0.25) is 9.59 Å². The number of thiazole rings is 1. The number of carbonyl (C=O) groups is 3. The number of carbonyl (C=O) groups excluding carboxylic acids is 2. The molecule has 4 unspecified atom stereocenters. The largest absolute Gasteiger partial charge is 0.479 e. The van der Waals surface area contributed by atoms with Crippen LogP contribution in [0.1, 0.15) is 67.4 Å². The van der Waals surface area contributed by atoms with Gasteiger partial charge in [0, 0.05) is 29.3 Å². The van der Waals surface area contributed by atoms with Crippen LogP contribution >= 0.6 is 11.3 Å². The smallest absolute Gasteiger partial charge is 0.335 e. The van der Waals surface area contributed by atoms with Crippen molar-refractivity contribution in [2.24, 2.45) is 23.2 Å². The molecule has 2 heterocycles. The molecule has 5 N–H and O–H groups in total. The van der Waals surface area contributed by atoms with Crippen molar-refractivity contribution in [2.45, 2.75) is 95.4 Å². The first-order valence-corrected chi connectivity index (χ1v) is 15.8. The van der Waals surface area contributed by atoms with Crippen LogP contribution in [-0.2, 0) is 25.5 Å². The van der Waals surface area contributed by atoms with Crippen molar-refractivity contribution in [3.8, 4) is 5.75 Å². The molecule has 2 aromatic rings. The van der Waals surface area contributed by atoms with Crippen molar-refractivity contribution in [1.82, 2.24) is 4.98 Å². The van der Waals surface area contributed by atoms with Gasteiger partial charge in [0.25, 0.3) is 0 Å². The molecule has 3 aliphatic carbocycles. The van der Waals surface area contributed by atoms with Crippen molar-refractivity contribution in [3.05, 3.63) is 40.4 Å². The van der Waals surface area contributed by atoms with E-state index in [0.717, 1.165) is 36.1 Å². The number of carboxylic acids is 1. The Hall–Kier alpha value is -2.90. The van der Waals surface area contributed by atoms with Gasteiger partial charge in [0.2, 0.25) is 12.2 Å². The Bertz CT molecular complexity index is 1410. The summed E-state index contributed by atoms with van der Waals surface area (Å²) in [6.45, 7) is 4.06. The maximum Gasteiger partial charge on any atom is 0.335 e. The minimum absolute atomic E-state index is 0.0759. The van der Waals surface area contributed by atoms with Gasteiger partial charge in [-0.25, -0.2) is 9.78 Å². The lowest BCUT2D eigenvalue weighted by atomic mass is 9.54. The summed E-state index contributed by atoms with van der Waals surface area (Å²) in [5.41, 5.74) is 1.90. The van der Waals surface area contributed by atoms with Crippen molar-refractivity contribution >= 4 is 34.1 Å². The quantitative estimate of drug-likeness (QED) is 0.312. The number of anilines is 1. The Morgan fingerprint density at radius 3 is 2.70 bits per heavy atom. The summed E-state index contributed by atoms with van der Waals surface area (Å²) in [4.78, 5) is 42.8. The molecule has 11 nitrogen and oxygen atoms in total. The van der Waals surface area contributed by atoms with Gasteiger partial charge < -0.3 is 35.2 Å². The first-order valence-electron chi connectivity index (χ1n) is 14.9. The van der Waals surface area contributed by atoms with Crippen molar-refractivity contribution in [1.29, 1.82) is 0 Å². The Labute approximate surface area is 253 Å². The minimum Gasteiger partial charge on any atom is -0.479 e. The zero-order chi connectivity index (χ0) is 30.6. The van der Waals surface area contributed by atoms with Gasteiger partial charge in [0.05, 0.1) is 0 Å². The highest BCUT2D eigenvalue weighted by Crippen LogP contribution is 2.62. The topological polar surface area (TPSA) is 176 Å². The standard InChI is InChI=1S/C31H38N2O9S/c1-14-13-32-30(43-14)33-22(35)8-4-16-12-21(34)31(2)10-9-19-18-7-5-17(11-15(18)3-6-20(19)23(16)31)41-29-26(38)24(36)25(37)27(42-29)28(39)40/h5,7,11,13,16,19-20,23-27,29,36-38H,3-4,6,8-10,12H2,1-2H3,(H,39,40)(H,32,33,35)/t16?,19?,20?,23?,24-,25-,26+,27-,29+,31+/m0/s1. The summed E-state index contributed by atoms with van der Waals surface area (Å²) < 4.78 is 11.1. The van der Waals surface area contributed by atoms with Crippen LogP contribution in [0.3, 0.4) is 0 Å². The Morgan fingerprint density at radius 2 is 1.98 bits per heavy atom. The fraction of sp³-hybridized carbons (Fsp3) is 0.613. The average Bonchev–Trinajstić information content (AvgIpc) is 3.50. The molecule has 1 aromatic carbocycles. The summed E-state index contributed by atoms with van der Waals surface area (Å²) in [5, 5.41) is 43.3. The van der Waals surface area contributed by atoms with E-state index in [-0.39, 0.29) is 29.1 Å². The Balaban J connectivity index is 1.16. The van der Waals surface area contributed by atoms with Crippen molar-refractivity contribution in [3.63, 3.8) is 0 Å². The van der Waals surface area contributed by atoms with Crippen LogP contribution in [0.5, 0.6) is 5.75 Å². The van der Waals surface area contributed by atoms with Gasteiger partial charge >= 0.3 is 5.97 Å². The monoisotopic (exact) mass is 614 g/mol. The number of aryl methyl sites for hydroxylation is 2. The summed E-state index contributed by atoms with van der Waals surface area (Å²) in [7, 11) is 0. The molecule has 1 saturated heterocycles. The van der Waals surface area contributed by atoms with E-state index >= 15 is 0 Å². The first-order chi connectivity index (χ1) is 20.5. The number of amides is 1. The number of nitrogens with one attached hydrogen (secondary N) is 1. The zero-order valence-corrected chi connectivity index (χ0v) is 25.0. The van der Waals surface area contributed by atoms with Gasteiger partial charge in [0.1, 0.15) is 29.8 Å². The Morgan fingerprint density at radius 1 is 1.19 bits per heavy atom. The molecule has 2 saturated carbocycles.